The minimum absolute atomic E-state index is 0.172. The SMILES string of the molecule is Cn1cc(-c2ccoc2S(=O)(=O)F)cn1. The third kappa shape index (κ3) is 1.78. The smallest absolute Gasteiger partial charge is 0.366 e. The summed E-state index contributed by atoms with van der Waals surface area (Å²) in [6, 6.07) is 1.38. The molecule has 2 heterocycles. The zero-order valence-electron chi connectivity index (χ0n) is 7.71. The molecule has 0 spiro atoms. The summed E-state index contributed by atoms with van der Waals surface area (Å²) in [4.78, 5) is 0. The number of aromatic nitrogens is 2. The van der Waals surface area contributed by atoms with Crippen molar-refractivity contribution >= 4 is 10.2 Å². The van der Waals surface area contributed by atoms with E-state index in [9.17, 15) is 12.3 Å². The lowest BCUT2D eigenvalue weighted by Gasteiger charge is -1.93. The second-order valence-electron chi connectivity index (χ2n) is 2.96. The van der Waals surface area contributed by atoms with Gasteiger partial charge >= 0.3 is 10.2 Å². The lowest BCUT2D eigenvalue weighted by atomic mass is 10.2. The van der Waals surface area contributed by atoms with Crippen LogP contribution in [0.25, 0.3) is 11.1 Å². The quantitative estimate of drug-likeness (QED) is 0.730. The lowest BCUT2D eigenvalue weighted by molar-refractivity contribution is 0.436. The fraction of sp³-hybridized carbons (Fsp3) is 0.125. The highest BCUT2D eigenvalue weighted by Crippen LogP contribution is 2.28. The highest BCUT2D eigenvalue weighted by molar-refractivity contribution is 7.86. The Morgan fingerprint density at radius 1 is 1.53 bits per heavy atom. The molecule has 7 heteroatoms. The Balaban J connectivity index is 2.60. The molecule has 0 aliphatic heterocycles. The molecular formula is C8H7FN2O3S. The van der Waals surface area contributed by atoms with Crippen molar-refractivity contribution < 1.29 is 16.7 Å². The van der Waals surface area contributed by atoms with Crippen molar-refractivity contribution in [1.29, 1.82) is 0 Å². The molecule has 0 bridgehead atoms. The fourth-order valence-corrected chi connectivity index (χ4v) is 1.88. The van der Waals surface area contributed by atoms with Gasteiger partial charge < -0.3 is 4.42 Å². The molecule has 5 nitrogen and oxygen atoms in total. The van der Waals surface area contributed by atoms with E-state index in [-0.39, 0.29) is 5.56 Å². The van der Waals surface area contributed by atoms with Crippen molar-refractivity contribution in [2.75, 3.05) is 0 Å². The molecule has 0 aromatic carbocycles. The average Bonchev–Trinajstić information content (AvgIpc) is 2.68. The standard InChI is InChI=1S/C8H7FN2O3S/c1-11-5-6(4-10-11)7-2-3-14-8(7)15(9,12)13/h2-5H,1H3. The summed E-state index contributed by atoms with van der Waals surface area (Å²) in [7, 11) is -3.16. The Morgan fingerprint density at radius 2 is 2.27 bits per heavy atom. The summed E-state index contributed by atoms with van der Waals surface area (Å²) in [5, 5.41) is 3.17. The predicted molar refractivity (Wildman–Crippen MR) is 49.2 cm³/mol. The molecule has 2 rings (SSSR count). The monoisotopic (exact) mass is 230 g/mol. The summed E-state index contributed by atoms with van der Waals surface area (Å²) in [6.45, 7) is 0. The van der Waals surface area contributed by atoms with Crippen LogP contribution in [-0.4, -0.2) is 18.2 Å². The Morgan fingerprint density at radius 3 is 2.80 bits per heavy atom. The predicted octanol–water partition coefficient (Wildman–Crippen LogP) is 1.34. The van der Waals surface area contributed by atoms with Crippen molar-refractivity contribution in [3.05, 3.63) is 24.7 Å². The molecule has 0 fully saturated rings. The zero-order valence-corrected chi connectivity index (χ0v) is 8.53. The van der Waals surface area contributed by atoms with Crippen molar-refractivity contribution in [1.82, 2.24) is 9.78 Å². The van der Waals surface area contributed by atoms with Crippen molar-refractivity contribution in [2.24, 2.45) is 7.05 Å². The maximum Gasteiger partial charge on any atom is 0.366 e. The number of halogens is 1. The Labute approximate surface area is 85.3 Å². The maximum atomic E-state index is 12.8. The summed E-state index contributed by atoms with van der Waals surface area (Å²) >= 11 is 0. The second kappa shape index (κ2) is 3.20. The number of hydrogen-bond acceptors (Lipinski definition) is 4. The highest BCUT2D eigenvalue weighted by atomic mass is 32.3. The van der Waals surface area contributed by atoms with E-state index < -0.39 is 15.3 Å². The third-order valence-corrected chi connectivity index (χ3v) is 2.63. The van der Waals surface area contributed by atoms with Gasteiger partial charge in [-0.15, -0.1) is 0 Å². The Hall–Kier alpha value is -1.63. The Bertz CT molecular complexity index is 585. The first kappa shape index (κ1) is 9.91. The van der Waals surface area contributed by atoms with E-state index in [1.54, 1.807) is 13.2 Å². The number of hydrogen-bond donors (Lipinski definition) is 0. The van der Waals surface area contributed by atoms with Crippen LogP contribution < -0.4 is 0 Å². The van der Waals surface area contributed by atoms with Crippen LogP contribution in [0.4, 0.5) is 3.89 Å². The zero-order chi connectivity index (χ0) is 11.1. The van der Waals surface area contributed by atoms with Gasteiger partial charge in [-0.05, 0) is 6.07 Å². The summed E-state index contributed by atoms with van der Waals surface area (Å²) < 4.78 is 40.2. The molecule has 0 aliphatic rings. The van der Waals surface area contributed by atoms with E-state index in [0.29, 0.717) is 5.56 Å². The summed E-state index contributed by atoms with van der Waals surface area (Å²) in [6.07, 6.45) is 4.12. The summed E-state index contributed by atoms with van der Waals surface area (Å²) in [5.41, 5.74) is 0.660. The van der Waals surface area contributed by atoms with Crippen LogP contribution in [0.1, 0.15) is 0 Å². The van der Waals surface area contributed by atoms with E-state index in [1.165, 1.54) is 16.9 Å². The molecule has 0 saturated carbocycles. The average molecular weight is 230 g/mol. The summed E-state index contributed by atoms with van der Waals surface area (Å²) in [5.74, 6) is 0. The van der Waals surface area contributed by atoms with Gasteiger partial charge in [0.15, 0.2) is 0 Å². The maximum absolute atomic E-state index is 12.8. The van der Waals surface area contributed by atoms with Crippen LogP contribution in [0.15, 0.2) is 34.2 Å². The van der Waals surface area contributed by atoms with Gasteiger partial charge in [-0.3, -0.25) is 4.68 Å². The number of rotatable bonds is 2. The van der Waals surface area contributed by atoms with Gasteiger partial charge in [-0.1, -0.05) is 3.89 Å². The van der Waals surface area contributed by atoms with Gasteiger partial charge in [-0.2, -0.15) is 13.5 Å². The minimum Gasteiger partial charge on any atom is -0.450 e. The fourth-order valence-electron chi connectivity index (χ4n) is 1.26. The largest absolute Gasteiger partial charge is 0.450 e. The van der Waals surface area contributed by atoms with E-state index in [0.717, 1.165) is 6.26 Å². The molecule has 0 amide bonds. The molecule has 0 radical (unpaired) electrons. The Kier molecular flexibility index (Phi) is 2.11. The molecule has 0 saturated heterocycles. The second-order valence-corrected chi connectivity index (χ2v) is 4.21. The third-order valence-electron chi connectivity index (χ3n) is 1.87. The molecule has 0 unspecified atom stereocenters. The van der Waals surface area contributed by atoms with Crippen LogP contribution >= 0.6 is 0 Å². The van der Waals surface area contributed by atoms with Gasteiger partial charge in [0.2, 0.25) is 0 Å². The van der Waals surface area contributed by atoms with Crippen LogP contribution in [0.2, 0.25) is 0 Å². The van der Waals surface area contributed by atoms with E-state index in [2.05, 4.69) is 9.52 Å². The van der Waals surface area contributed by atoms with Crippen LogP contribution in [-0.2, 0) is 17.3 Å². The first-order chi connectivity index (χ1) is 6.98. The van der Waals surface area contributed by atoms with Gasteiger partial charge in [0, 0.05) is 24.4 Å². The molecule has 2 aromatic rings. The number of aryl methyl sites for hydroxylation is 1. The van der Waals surface area contributed by atoms with Crippen LogP contribution in [0, 0.1) is 0 Å². The minimum atomic E-state index is -4.83. The van der Waals surface area contributed by atoms with E-state index in [4.69, 9.17) is 0 Å². The molecule has 2 aromatic heterocycles. The molecular weight excluding hydrogens is 223 g/mol. The topological polar surface area (TPSA) is 65.1 Å². The van der Waals surface area contributed by atoms with Crippen molar-refractivity contribution in [3.8, 4) is 11.1 Å². The van der Waals surface area contributed by atoms with Crippen molar-refractivity contribution in [3.63, 3.8) is 0 Å². The van der Waals surface area contributed by atoms with Gasteiger partial charge in [0.05, 0.1) is 12.5 Å². The number of nitrogens with zero attached hydrogens (tertiary/aromatic N) is 2. The van der Waals surface area contributed by atoms with Crippen LogP contribution in [0.3, 0.4) is 0 Å². The number of furan rings is 1. The normalized spacial score (nSPS) is 11.9. The molecule has 15 heavy (non-hydrogen) atoms. The van der Waals surface area contributed by atoms with Gasteiger partial charge in [0.1, 0.15) is 0 Å². The van der Waals surface area contributed by atoms with Crippen LogP contribution in [0.5, 0.6) is 0 Å². The molecule has 0 aliphatic carbocycles. The molecule has 0 N–H and O–H groups in total. The van der Waals surface area contributed by atoms with E-state index in [1.807, 2.05) is 0 Å². The van der Waals surface area contributed by atoms with E-state index >= 15 is 0 Å². The lowest BCUT2D eigenvalue weighted by Crippen LogP contribution is -1.91. The first-order valence-electron chi connectivity index (χ1n) is 3.99. The highest BCUT2D eigenvalue weighted by Gasteiger charge is 2.22. The van der Waals surface area contributed by atoms with Gasteiger partial charge in [0.25, 0.3) is 5.09 Å². The first-order valence-corrected chi connectivity index (χ1v) is 5.38. The molecule has 0 atom stereocenters. The molecule has 80 valence electrons. The van der Waals surface area contributed by atoms with Gasteiger partial charge in [-0.25, -0.2) is 0 Å². The van der Waals surface area contributed by atoms with Crippen molar-refractivity contribution in [2.45, 2.75) is 5.09 Å².